The van der Waals surface area contributed by atoms with E-state index in [1.807, 2.05) is 0 Å². The van der Waals surface area contributed by atoms with Crippen LogP contribution >= 0.6 is 0 Å². The average molecular weight is 282 g/mol. The van der Waals surface area contributed by atoms with E-state index in [0.29, 0.717) is 17.7 Å². The third-order valence-electron chi connectivity index (χ3n) is 2.50. The van der Waals surface area contributed by atoms with E-state index in [1.165, 1.54) is 12.4 Å². The number of nitro groups is 1. The van der Waals surface area contributed by atoms with Crippen LogP contribution in [0.3, 0.4) is 0 Å². The van der Waals surface area contributed by atoms with Gasteiger partial charge in [0.05, 0.1) is 11.1 Å². The Morgan fingerprint density at radius 2 is 2.20 bits per heavy atom. The van der Waals surface area contributed by atoms with Crippen molar-refractivity contribution >= 4 is 11.6 Å². The van der Waals surface area contributed by atoms with Crippen molar-refractivity contribution in [3.8, 4) is 0 Å². The Morgan fingerprint density at radius 3 is 2.80 bits per heavy atom. The van der Waals surface area contributed by atoms with Crippen molar-refractivity contribution < 1.29 is 18.5 Å². The van der Waals surface area contributed by atoms with Gasteiger partial charge in [-0.3, -0.25) is 20.0 Å². The summed E-state index contributed by atoms with van der Waals surface area (Å²) in [6.45, 7) is -0.0170. The van der Waals surface area contributed by atoms with Crippen molar-refractivity contribution in [3.63, 3.8) is 0 Å². The van der Waals surface area contributed by atoms with Gasteiger partial charge in [0, 0.05) is 24.4 Å². The number of rotatable bonds is 4. The largest absolute Gasteiger partial charge is 0.348 e. The minimum absolute atomic E-state index is 0.0170. The van der Waals surface area contributed by atoms with Crippen LogP contribution in [0, 0.1) is 21.7 Å². The molecule has 2 N–H and O–H groups in total. The predicted octanol–water partition coefficient (Wildman–Crippen LogP) is 1.53. The Morgan fingerprint density at radius 1 is 1.45 bits per heavy atom. The number of hydrogen-bond acceptors (Lipinski definition) is 4. The molecule has 20 heavy (non-hydrogen) atoms. The second kappa shape index (κ2) is 5.43. The number of aromatic amines is 1. The molecule has 1 aromatic carbocycles. The summed E-state index contributed by atoms with van der Waals surface area (Å²) in [5, 5.41) is 18.9. The van der Waals surface area contributed by atoms with Gasteiger partial charge < -0.3 is 5.32 Å². The molecule has 0 unspecified atom stereocenters. The van der Waals surface area contributed by atoms with Crippen molar-refractivity contribution in [2.45, 2.75) is 6.54 Å². The molecule has 7 nitrogen and oxygen atoms in total. The SMILES string of the molecule is O=C(NCc1cn[nH]c1)c1c(F)ccc([N+](=O)[O-])c1F. The van der Waals surface area contributed by atoms with Crippen LogP contribution in [0.4, 0.5) is 14.5 Å². The van der Waals surface area contributed by atoms with Crippen LogP contribution in [0.25, 0.3) is 0 Å². The highest BCUT2D eigenvalue weighted by Gasteiger charge is 2.25. The zero-order chi connectivity index (χ0) is 14.7. The van der Waals surface area contributed by atoms with Gasteiger partial charge in [-0.25, -0.2) is 4.39 Å². The zero-order valence-corrected chi connectivity index (χ0v) is 9.89. The third-order valence-corrected chi connectivity index (χ3v) is 2.50. The van der Waals surface area contributed by atoms with Gasteiger partial charge in [0.15, 0.2) is 0 Å². The number of aromatic nitrogens is 2. The zero-order valence-electron chi connectivity index (χ0n) is 9.89. The molecule has 104 valence electrons. The highest BCUT2D eigenvalue weighted by atomic mass is 19.1. The van der Waals surface area contributed by atoms with Gasteiger partial charge in [-0.2, -0.15) is 9.49 Å². The standard InChI is InChI=1S/C11H8F2N4O3/c12-7-1-2-8(17(19)20)10(13)9(7)11(18)14-3-6-4-15-16-5-6/h1-2,4-5H,3H2,(H,14,18)(H,15,16). The van der Waals surface area contributed by atoms with Crippen LogP contribution in [-0.2, 0) is 6.54 Å². The molecule has 9 heteroatoms. The van der Waals surface area contributed by atoms with E-state index in [1.54, 1.807) is 0 Å². The van der Waals surface area contributed by atoms with E-state index in [4.69, 9.17) is 0 Å². The summed E-state index contributed by atoms with van der Waals surface area (Å²) in [6.07, 6.45) is 2.90. The lowest BCUT2D eigenvalue weighted by molar-refractivity contribution is -0.387. The average Bonchev–Trinajstić information content (AvgIpc) is 2.89. The molecule has 0 saturated heterocycles. The van der Waals surface area contributed by atoms with Gasteiger partial charge in [-0.1, -0.05) is 0 Å². The van der Waals surface area contributed by atoms with E-state index in [-0.39, 0.29) is 6.54 Å². The molecule has 2 rings (SSSR count). The molecule has 1 amide bonds. The van der Waals surface area contributed by atoms with Crippen LogP contribution in [0.2, 0.25) is 0 Å². The highest BCUT2D eigenvalue weighted by Crippen LogP contribution is 2.22. The third kappa shape index (κ3) is 2.60. The van der Waals surface area contributed by atoms with Crippen LogP contribution in [0.1, 0.15) is 15.9 Å². The topological polar surface area (TPSA) is 101 Å². The maximum absolute atomic E-state index is 13.7. The Kier molecular flexibility index (Phi) is 3.69. The predicted molar refractivity (Wildman–Crippen MR) is 62.8 cm³/mol. The van der Waals surface area contributed by atoms with Crippen LogP contribution in [0.5, 0.6) is 0 Å². The first-order valence-electron chi connectivity index (χ1n) is 5.39. The Balaban J connectivity index is 2.25. The van der Waals surface area contributed by atoms with E-state index >= 15 is 0 Å². The van der Waals surface area contributed by atoms with E-state index in [0.717, 1.165) is 0 Å². The Labute approximate surface area is 110 Å². The van der Waals surface area contributed by atoms with E-state index in [9.17, 15) is 23.7 Å². The summed E-state index contributed by atoms with van der Waals surface area (Å²) in [5.41, 5.74) is -1.35. The fourth-order valence-corrected chi connectivity index (χ4v) is 1.54. The highest BCUT2D eigenvalue weighted by molar-refractivity contribution is 5.95. The smallest absolute Gasteiger partial charge is 0.305 e. The number of carbonyl (C=O) groups excluding carboxylic acids is 1. The number of halogens is 2. The number of H-pyrrole nitrogens is 1. The Bertz CT molecular complexity index is 658. The van der Waals surface area contributed by atoms with Crippen molar-refractivity contribution in [3.05, 3.63) is 57.4 Å². The van der Waals surface area contributed by atoms with Crippen LogP contribution in [-0.4, -0.2) is 21.0 Å². The summed E-state index contributed by atoms with van der Waals surface area (Å²) >= 11 is 0. The molecular weight excluding hydrogens is 274 g/mol. The first-order chi connectivity index (χ1) is 9.50. The molecular formula is C11H8F2N4O3. The molecule has 2 aromatic rings. The maximum Gasteiger partial charge on any atom is 0.305 e. The molecule has 0 aliphatic rings. The molecule has 0 bridgehead atoms. The lowest BCUT2D eigenvalue weighted by Crippen LogP contribution is -2.25. The Hall–Kier alpha value is -2.84. The summed E-state index contributed by atoms with van der Waals surface area (Å²) in [5.74, 6) is -3.75. The second-order valence-corrected chi connectivity index (χ2v) is 3.80. The van der Waals surface area contributed by atoms with E-state index < -0.39 is 33.7 Å². The summed E-state index contributed by atoms with van der Waals surface area (Å²) < 4.78 is 27.2. The summed E-state index contributed by atoms with van der Waals surface area (Å²) in [6, 6.07) is 1.34. The molecule has 0 radical (unpaired) electrons. The van der Waals surface area contributed by atoms with E-state index in [2.05, 4.69) is 15.5 Å². The second-order valence-electron chi connectivity index (χ2n) is 3.80. The molecule has 0 fully saturated rings. The lowest BCUT2D eigenvalue weighted by Gasteiger charge is -2.06. The number of nitrogens with zero attached hydrogens (tertiary/aromatic N) is 2. The minimum atomic E-state index is -1.50. The van der Waals surface area contributed by atoms with Crippen molar-refractivity contribution in [1.29, 1.82) is 0 Å². The van der Waals surface area contributed by atoms with Crippen molar-refractivity contribution in [2.24, 2.45) is 0 Å². The van der Waals surface area contributed by atoms with Crippen molar-refractivity contribution in [1.82, 2.24) is 15.5 Å². The first-order valence-corrected chi connectivity index (χ1v) is 5.39. The first kappa shape index (κ1) is 13.6. The molecule has 0 atom stereocenters. The number of hydrogen-bond donors (Lipinski definition) is 2. The molecule has 0 aliphatic carbocycles. The number of nitro benzene ring substituents is 1. The van der Waals surface area contributed by atoms with Gasteiger partial charge in [0.2, 0.25) is 5.82 Å². The van der Waals surface area contributed by atoms with Gasteiger partial charge in [0.25, 0.3) is 5.91 Å². The fourth-order valence-electron chi connectivity index (χ4n) is 1.54. The summed E-state index contributed by atoms with van der Waals surface area (Å²) in [7, 11) is 0. The number of carbonyl (C=O) groups is 1. The fraction of sp³-hybridized carbons (Fsp3) is 0.0909. The lowest BCUT2D eigenvalue weighted by atomic mass is 10.1. The molecule has 1 aromatic heterocycles. The van der Waals surface area contributed by atoms with Crippen LogP contribution < -0.4 is 5.32 Å². The monoisotopic (exact) mass is 282 g/mol. The quantitative estimate of drug-likeness (QED) is 0.655. The number of amides is 1. The molecule has 0 aliphatic heterocycles. The van der Waals surface area contributed by atoms with Gasteiger partial charge in [0.1, 0.15) is 11.4 Å². The van der Waals surface area contributed by atoms with Gasteiger partial charge in [-0.05, 0) is 6.07 Å². The molecule has 0 spiro atoms. The minimum Gasteiger partial charge on any atom is -0.348 e. The number of nitrogens with one attached hydrogen (secondary N) is 2. The number of benzene rings is 1. The molecule has 0 saturated carbocycles. The molecule has 1 heterocycles. The normalized spacial score (nSPS) is 10.3. The van der Waals surface area contributed by atoms with Crippen LogP contribution in [0.15, 0.2) is 24.5 Å². The van der Waals surface area contributed by atoms with Gasteiger partial charge >= 0.3 is 5.69 Å². The summed E-state index contributed by atoms with van der Waals surface area (Å²) in [4.78, 5) is 21.2. The van der Waals surface area contributed by atoms with Gasteiger partial charge in [-0.15, -0.1) is 0 Å². The van der Waals surface area contributed by atoms with Crippen molar-refractivity contribution in [2.75, 3.05) is 0 Å². The maximum atomic E-state index is 13.7.